The van der Waals surface area contributed by atoms with Crippen LogP contribution in [-0.4, -0.2) is 28.6 Å². The van der Waals surface area contributed by atoms with Gasteiger partial charge in [0, 0.05) is 5.56 Å². The summed E-state index contributed by atoms with van der Waals surface area (Å²) in [5.41, 5.74) is 0.276. The number of hydrogen-bond donors (Lipinski definition) is 2. The molecule has 0 saturated heterocycles. The van der Waals surface area contributed by atoms with Crippen LogP contribution >= 0.6 is 0 Å². The SMILES string of the molecule is CCCCCCCCOC(=O)c1cc(C(=O)c2ccccc2O)ccc1O. The average Bonchev–Trinajstić information content (AvgIpc) is 2.67. The third-order valence-electron chi connectivity index (χ3n) is 4.36. The Morgan fingerprint density at radius 1 is 0.852 bits per heavy atom. The molecule has 0 aliphatic carbocycles. The van der Waals surface area contributed by atoms with Crippen LogP contribution in [0.15, 0.2) is 42.5 Å². The molecule has 0 aromatic heterocycles. The lowest BCUT2D eigenvalue weighted by Gasteiger charge is -2.09. The van der Waals surface area contributed by atoms with Gasteiger partial charge in [-0.2, -0.15) is 0 Å². The molecule has 0 fully saturated rings. The number of carbonyl (C=O) groups is 2. The summed E-state index contributed by atoms with van der Waals surface area (Å²) in [6.07, 6.45) is 6.45. The molecule has 2 aromatic carbocycles. The van der Waals surface area contributed by atoms with Crippen LogP contribution < -0.4 is 0 Å². The van der Waals surface area contributed by atoms with Crippen molar-refractivity contribution in [1.29, 1.82) is 0 Å². The molecule has 0 aliphatic heterocycles. The van der Waals surface area contributed by atoms with Crippen LogP contribution in [0.2, 0.25) is 0 Å². The van der Waals surface area contributed by atoms with Crippen molar-refractivity contribution in [3.05, 3.63) is 59.2 Å². The highest BCUT2D eigenvalue weighted by Gasteiger charge is 2.18. The largest absolute Gasteiger partial charge is 0.507 e. The van der Waals surface area contributed by atoms with Crippen molar-refractivity contribution in [2.45, 2.75) is 45.4 Å². The van der Waals surface area contributed by atoms with E-state index in [9.17, 15) is 19.8 Å². The summed E-state index contributed by atoms with van der Waals surface area (Å²) >= 11 is 0. The van der Waals surface area contributed by atoms with E-state index in [-0.39, 0.29) is 34.8 Å². The van der Waals surface area contributed by atoms with Crippen LogP contribution in [0.1, 0.15) is 71.7 Å². The minimum Gasteiger partial charge on any atom is -0.507 e. The maximum absolute atomic E-state index is 12.5. The topological polar surface area (TPSA) is 83.8 Å². The van der Waals surface area contributed by atoms with Crippen LogP contribution in [0.25, 0.3) is 0 Å². The second kappa shape index (κ2) is 10.4. The van der Waals surface area contributed by atoms with Gasteiger partial charge in [0.2, 0.25) is 0 Å². The Morgan fingerprint density at radius 2 is 1.52 bits per heavy atom. The molecule has 0 amide bonds. The summed E-state index contributed by atoms with van der Waals surface area (Å²) in [5, 5.41) is 19.8. The maximum Gasteiger partial charge on any atom is 0.341 e. The Morgan fingerprint density at radius 3 is 2.26 bits per heavy atom. The van der Waals surface area contributed by atoms with Gasteiger partial charge in [-0.05, 0) is 36.8 Å². The summed E-state index contributed by atoms with van der Waals surface area (Å²) in [7, 11) is 0. The van der Waals surface area contributed by atoms with E-state index in [1.54, 1.807) is 12.1 Å². The molecule has 0 radical (unpaired) electrons. The molecule has 0 heterocycles. The van der Waals surface area contributed by atoms with Gasteiger partial charge in [-0.3, -0.25) is 4.79 Å². The normalized spacial score (nSPS) is 10.6. The van der Waals surface area contributed by atoms with E-state index in [2.05, 4.69) is 6.92 Å². The molecule has 0 saturated carbocycles. The van der Waals surface area contributed by atoms with Crippen LogP contribution in [0.3, 0.4) is 0 Å². The zero-order chi connectivity index (χ0) is 19.6. The fraction of sp³-hybridized carbons (Fsp3) is 0.364. The zero-order valence-corrected chi connectivity index (χ0v) is 15.6. The molecule has 2 rings (SSSR count). The molecule has 0 atom stereocenters. The quantitative estimate of drug-likeness (QED) is 0.355. The lowest BCUT2D eigenvalue weighted by molar-refractivity contribution is 0.0494. The first-order valence-electron chi connectivity index (χ1n) is 9.37. The van der Waals surface area contributed by atoms with Crippen LogP contribution in [0, 0.1) is 0 Å². The molecule has 2 aromatic rings. The number of aromatic hydroxyl groups is 2. The minimum atomic E-state index is -0.659. The number of phenolic OH excluding ortho intramolecular Hbond substituents is 2. The monoisotopic (exact) mass is 370 g/mol. The number of hydrogen-bond acceptors (Lipinski definition) is 5. The van der Waals surface area contributed by atoms with E-state index in [4.69, 9.17) is 4.74 Å². The Bertz CT molecular complexity index is 782. The molecule has 0 bridgehead atoms. The Labute approximate surface area is 159 Å². The Hall–Kier alpha value is -2.82. The van der Waals surface area contributed by atoms with Gasteiger partial charge in [-0.1, -0.05) is 51.2 Å². The summed E-state index contributed by atoms with van der Waals surface area (Å²) in [6.45, 7) is 2.44. The van der Waals surface area contributed by atoms with Crippen molar-refractivity contribution in [2.24, 2.45) is 0 Å². The smallest absolute Gasteiger partial charge is 0.341 e. The average molecular weight is 370 g/mol. The first kappa shape index (κ1) is 20.5. The van der Waals surface area contributed by atoms with Gasteiger partial charge in [0.25, 0.3) is 0 Å². The fourth-order valence-corrected chi connectivity index (χ4v) is 2.79. The maximum atomic E-state index is 12.5. The number of unbranched alkanes of at least 4 members (excludes halogenated alkanes) is 5. The third-order valence-corrected chi connectivity index (χ3v) is 4.36. The molecule has 0 unspecified atom stereocenters. The van der Waals surface area contributed by atoms with E-state index < -0.39 is 11.8 Å². The summed E-state index contributed by atoms with van der Waals surface area (Å²) in [6, 6.07) is 10.2. The Balaban J connectivity index is 1.99. The first-order chi connectivity index (χ1) is 13.0. The second-order valence-corrected chi connectivity index (χ2v) is 6.48. The van der Waals surface area contributed by atoms with E-state index in [1.165, 1.54) is 49.6 Å². The van der Waals surface area contributed by atoms with Crippen molar-refractivity contribution in [3.8, 4) is 11.5 Å². The number of esters is 1. The van der Waals surface area contributed by atoms with Crippen molar-refractivity contribution < 1.29 is 24.5 Å². The van der Waals surface area contributed by atoms with Crippen molar-refractivity contribution in [2.75, 3.05) is 6.61 Å². The summed E-state index contributed by atoms with van der Waals surface area (Å²) < 4.78 is 5.22. The molecule has 0 aliphatic rings. The van der Waals surface area contributed by atoms with E-state index in [0.717, 1.165) is 19.3 Å². The van der Waals surface area contributed by atoms with Gasteiger partial charge < -0.3 is 14.9 Å². The molecule has 5 heteroatoms. The summed E-state index contributed by atoms with van der Waals surface area (Å²) in [4.78, 5) is 24.8. The van der Waals surface area contributed by atoms with Crippen molar-refractivity contribution >= 4 is 11.8 Å². The second-order valence-electron chi connectivity index (χ2n) is 6.48. The van der Waals surface area contributed by atoms with E-state index >= 15 is 0 Å². The van der Waals surface area contributed by atoms with E-state index in [1.807, 2.05) is 0 Å². The number of ether oxygens (including phenoxy) is 1. The highest BCUT2D eigenvalue weighted by Crippen LogP contribution is 2.24. The molecule has 0 spiro atoms. The van der Waals surface area contributed by atoms with E-state index in [0.29, 0.717) is 0 Å². The highest BCUT2D eigenvalue weighted by atomic mass is 16.5. The molecular weight excluding hydrogens is 344 g/mol. The van der Waals surface area contributed by atoms with Gasteiger partial charge in [0.15, 0.2) is 5.78 Å². The van der Waals surface area contributed by atoms with Crippen LogP contribution in [0.4, 0.5) is 0 Å². The standard InChI is InChI=1S/C22H26O5/c1-2-3-4-5-6-9-14-27-22(26)18-15-16(12-13-20(18)24)21(25)17-10-7-8-11-19(17)23/h7-8,10-13,15,23-24H,2-6,9,14H2,1H3. The Kier molecular flexibility index (Phi) is 7.86. The van der Waals surface area contributed by atoms with Gasteiger partial charge in [-0.25, -0.2) is 4.79 Å². The first-order valence-corrected chi connectivity index (χ1v) is 9.37. The van der Waals surface area contributed by atoms with Gasteiger partial charge in [0.1, 0.15) is 17.1 Å². The number of carbonyl (C=O) groups excluding carboxylic acids is 2. The molecule has 5 nitrogen and oxygen atoms in total. The molecular formula is C22H26O5. The number of rotatable bonds is 10. The predicted molar refractivity (Wildman–Crippen MR) is 103 cm³/mol. The fourth-order valence-electron chi connectivity index (χ4n) is 2.79. The van der Waals surface area contributed by atoms with Gasteiger partial charge in [-0.15, -0.1) is 0 Å². The van der Waals surface area contributed by atoms with Gasteiger partial charge >= 0.3 is 5.97 Å². The summed E-state index contributed by atoms with van der Waals surface area (Å²) in [5.74, 6) is -1.47. The molecule has 2 N–H and O–H groups in total. The number of benzene rings is 2. The van der Waals surface area contributed by atoms with Crippen LogP contribution in [0.5, 0.6) is 11.5 Å². The number of para-hydroxylation sites is 1. The molecule has 144 valence electrons. The lowest BCUT2D eigenvalue weighted by atomic mass is 10.00. The highest BCUT2D eigenvalue weighted by molar-refractivity contribution is 6.11. The van der Waals surface area contributed by atoms with Crippen LogP contribution in [-0.2, 0) is 4.74 Å². The molecule has 27 heavy (non-hydrogen) atoms. The zero-order valence-electron chi connectivity index (χ0n) is 15.6. The number of phenols is 2. The predicted octanol–water partition coefficient (Wildman–Crippen LogP) is 4.85. The van der Waals surface area contributed by atoms with Gasteiger partial charge in [0.05, 0.1) is 12.2 Å². The van der Waals surface area contributed by atoms with Crippen molar-refractivity contribution in [1.82, 2.24) is 0 Å². The lowest BCUT2D eigenvalue weighted by Crippen LogP contribution is -2.09. The minimum absolute atomic E-state index is 0.0535. The number of ketones is 1. The van der Waals surface area contributed by atoms with Crippen molar-refractivity contribution in [3.63, 3.8) is 0 Å². The third kappa shape index (κ3) is 5.84.